The van der Waals surface area contributed by atoms with E-state index in [9.17, 15) is 27.3 Å². The largest absolute Gasteiger partial charge is 0.481 e. The van der Waals surface area contributed by atoms with Crippen LogP contribution in [-0.2, 0) is 25.8 Å². The van der Waals surface area contributed by atoms with E-state index in [4.69, 9.17) is 11.6 Å². The van der Waals surface area contributed by atoms with Gasteiger partial charge in [0, 0.05) is 22.9 Å². The van der Waals surface area contributed by atoms with Crippen molar-refractivity contribution < 1.29 is 27.3 Å². The number of urea groups is 1. The molecule has 0 aliphatic heterocycles. The predicted octanol–water partition coefficient (Wildman–Crippen LogP) is 4.50. The second-order valence-electron chi connectivity index (χ2n) is 8.13. The molecule has 0 aliphatic rings. The van der Waals surface area contributed by atoms with Gasteiger partial charge in [0.05, 0.1) is 22.3 Å². The second-order valence-corrected chi connectivity index (χ2v) is 11.5. The molecule has 3 aromatic carbocycles. The Balaban J connectivity index is 1.79. The summed E-state index contributed by atoms with van der Waals surface area (Å²) in [5, 5.41) is 15.1. The summed E-state index contributed by atoms with van der Waals surface area (Å²) in [6, 6.07) is 16.8. The fourth-order valence-corrected chi connectivity index (χ4v) is 5.56. The number of amides is 2. The fourth-order valence-electron chi connectivity index (χ4n) is 3.35. The van der Waals surface area contributed by atoms with Crippen LogP contribution in [-0.4, -0.2) is 36.3 Å². The van der Waals surface area contributed by atoms with Gasteiger partial charge in [0.2, 0.25) is 0 Å². The van der Waals surface area contributed by atoms with Gasteiger partial charge in [-0.15, -0.1) is 0 Å². The molecule has 2 atom stereocenters. The molecule has 0 spiro atoms. The third-order valence-electron chi connectivity index (χ3n) is 5.13. The van der Waals surface area contributed by atoms with Crippen molar-refractivity contribution in [2.75, 3.05) is 16.6 Å². The standard InChI is InChI=1S/C25H27ClN4O6S2/c1-2-13-27-25(33)28-19-6-4-8-22(15-19)38(35,36)30-20-7-3-5-17(14-20)23(16-24(31)32)29-37(34)21-11-9-18(26)10-12-21/h3-12,14-15,23,29-30H,2,13,16H2,1H3,(H,31,32)(H2,27,28,33). The second kappa shape index (κ2) is 13.4. The average Bonchev–Trinajstić information content (AvgIpc) is 2.87. The Bertz CT molecular complexity index is 1420. The molecule has 0 heterocycles. The van der Waals surface area contributed by atoms with Crippen molar-refractivity contribution in [2.24, 2.45) is 0 Å². The zero-order valence-electron chi connectivity index (χ0n) is 20.3. The summed E-state index contributed by atoms with van der Waals surface area (Å²) >= 11 is 5.88. The number of carbonyl (C=O) groups is 2. The Morgan fingerprint density at radius 3 is 2.37 bits per heavy atom. The van der Waals surface area contributed by atoms with Crippen LogP contribution in [0.4, 0.5) is 16.2 Å². The summed E-state index contributed by atoms with van der Waals surface area (Å²) in [6.07, 6.45) is 0.355. The Kier molecular flexibility index (Phi) is 10.2. The first-order chi connectivity index (χ1) is 18.1. The number of hydrogen-bond donors (Lipinski definition) is 5. The molecule has 0 aliphatic carbocycles. The lowest BCUT2D eigenvalue weighted by Gasteiger charge is -2.18. The van der Waals surface area contributed by atoms with E-state index >= 15 is 0 Å². The van der Waals surface area contributed by atoms with Gasteiger partial charge in [0.25, 0.3) is 10.0 Å². The van der Waals surface area contributed by atoms with Crippen LogP contribution in [0.5, 0.6) is 0 Å². The van der Waals surface area contributed by atoms with E-state index in [1.807, 2.05) is 6.92 Å². The number of rotatable bonds is 12. The first-order valence-corrected chi connectivity index (χ1v) is 14.5. The molecule has 10 nitrogen and oxygen atoms in total. The summed E-state index contributed by atoms with van der Waals surface area (Å²) in [7, 11) is -5.81. The van der Waals surface area contributed by atoms with Gasteiger partial charge in [-0.3, -0.25) is 9.52 Å². The van der Waals surface area contributed by atoms with Crippen molar-refractivity contribution in [3.63, 3.8) is 0 Å². The van der Waals surface area contributed by atoms with Crippen molar-refractivity contribution in [1.82, 2.24) is 10.0 Å². The number of carbonyl (C=O) groups excluding carboxylic acids is 1. The van der Waals surface area contributed by atoms with Gasteiger partial charge in [-0.1, -0.05) is 36.7 Å². The first kappa shape index (κ1) is 29.1. The Morgan fingerprint density at radius 2 is 1.68 bits per heavy atom. The van der Waals surface area contributed by atoms with E-state index in [0.717, 1.165) is 6.42 Å². The maximum absolute atomic E-state index is 13.1. The first-order valence-electron chi connectivity index (χ1n) is 11.5. The van der Waals surface area contributed by atoms with Gasteiger partial charge in [0.15, 0.2) is 0 Å². The molecule has 13 heteroatoms. The summed E-state index contributed by atoms with van der Waals surface area (Å²) in [6.45, 7) is 2.39. The summed E-state index contributed by atoms with van der Waals surface area (Å²) in [5.74, 6) is -1.13. The third kappa shape index (κ3) is 8.55. The molecule has 5 N–H and O–H groups in total. The van der Waals surface area contributed by atoms with Crippen LogP contribution >= 0.6 is 11.6 Å². The predicted molar refractivity (Wildman–Crippen MR) is 147 cm³/mol. The number of carboxylic acid groups (broad SMARTS) is 1. The van der Waals surface area contributed by atoms with Crippen LogP contribution in [0.15, 0.2) is 82.6 Å². The molecule has 38 heavy (non-hydrogen) atoms. The molecule has 2 amide bonds. The van der Waals surface area contributed by atoms with Crippen LogP contribution in [0.2, 0.25) is 5.02 Å². The molecule has 0 aromatic heterocycles. The number of aliphatic carboxylic acids is 1. The number of benzene rings is 3. The van der Waals surface area contributed by atoms with E-state index in [2.05, 4.69) is 20.1 Å². The molecule has 0 saturated heterocycles. The Hall–Kier alpha value is -3.45. The Labute approximate surface area is 228 Å². The van der Waals surface area contributed by atoms with Crippen LogP contribution in [0.1, 0.15) is 31.4 Å². The van der Waals surface area contributed by atoms with Gasteiger partial charge in [-0.05, 0) is 66.6 Å². The van der Waals surface area contributed by atoms with E-state index in [0.29, 0.717) is 27.7 Å². The minimum atomic E-state index is -4.06. The van der Waals surface area contributed by atoms with E-state index < -0.39 is 45.5 Å². The monoisotopic (exact) mass is 578 g/mol. The highest BCUT2D eigenvalue weighted by Gasteiger charge is 2.21. The highest BCUT2D eigenvalue weighted by Crippen LogP contribution is 2.25. The van der Waals surface area contributed by atoms with E-state index in [1.165, 1.54) is 30.3 Å². The third-order valence-corrected chi connectivity index (χ3v) is 7.96. The molecule has 0 bridgehead atoms. The lowest BCUT2D eigenvalue weighted by Crippen LogP contribution is -2.29. The summed E-state index contributed by atoms with van der Waals surface area (Å²) in [5.41, 5.74) is 0.888. The number of carboxylic acids is 1. The zero-order chi connectivity index (χ0) is 27.7. The van der Waals surface area contributed by atoms with Gasteiger partial charge < -0.3 is 15.7 Å². The maximum atomic E-state index is 13.1. The van der Waals surface area contributed by atoms with Crippen LogP contribution in [0, 0.1) is 0 Å². The summed E-state index contributed by atoms with van der Waals surface area (Å²) < 4.78 is 44.2. The lowest BCUT2D eigenvalue weighted by molar-refractivity contribution is -0.137. The van der Waals surface area contributed by atoms with Gasteiger partial charge in [-0.2, -0.15) is 0 Å². The van der Waals surface area contributed by atoms with Crippen molar-refractivity contribution >= 4 is 56.0 Å². The smallest absolute Gasteiger partial charge is 0.319 e. The van der Waals surface area contributed by atoms with Crippen molar-refractivity contribution in [3.05, 3.63) is 83.4 Å². The topological polar surface area (TPSA) is 154 Å². The van der Waals surface area contributed by atoms with E-state index in [-0.39, 0.29) is 10.6 Å². The normalized spacial score (nSPS) is 12.8. The quantitative estimate of drug-likeness (QED) is 0.213. The minimum absolute atomic E-state index is 0.0831. The molecule has 3 rings (SSSR count). The summed E-state index contributed by atoms with van der Waals surface area (Å²) in [4.78, 5) is 23.7. The van der Waals surface area contributed by atoms with Crippen molar-refractivity contribution in [2.45, 2.75) is 35.6 Å². The number of sulfonamides is 1. The highest BCUT2D eigenvalue weighted by molar-refractivity contribution is 7.92. The SMILES string of the molecule is CCCNC(=O)Nc1cccc(S(=O)(=O)Nc2cccc(C(CC(=O)O)NS(=O)c3ccc(Cl)cc3)c2)c1. The van der Waals surface area contributed by atoms with Gasteiger partial charge >= 0.3 is 12.0 Å². The molecule has 202 valence electrons. The highest BCUT2D eigenvalue weighted by atomic mass is 35.5. The lowest BCUT2D eigenvalue weighted by atomic mass is 10.0. The fraction of sp³-hybridized carbons (Fsp3) is 0.200. The van der Waals surface area contributed by atoms with Crippen LogP contribution in [0.3, 0.4) is 0 Å². The molecular formula is C25H27ClN4O6S2. The van der Waals surface area contributed by atoms with Gasteiger partial charge in [0.1, 0.15) is 11.0 Å². The zero-order valence-corrected chi connectivity index (χ0v) is 22.7. The Morgan fingerprint density at radius 1 is 1.00 bits per heavy atom. The number of anilines is 2. The molecule has 3 aromatic rings. The van der Waals surface area contributed by atoms with Crippen molar-refractivity contribution in [1.29, 1.82) is 0 Å². The van der Waals surface area contributed by atoms with Crippen LogP contribution in [0.25, 0.3) is 0 Å². The number of hydrogen-bond acceptors (Lipinski definition) is 5. The molecule has 0 fully saturated rings. The number of nitrogens with one attached hydrogen (secondary N) is 4. The van der Waals surface area contributed by atoms with Crippen LogP contribution < -0.4 is 20.1 Å². The number of halogens is 1. The molecule has 0 saturated carbocycles. The average molecular weight is 579 g/mol. The van der Waals surface area contributed by atoms with Gasteiger partial charge in [-0.25, -0.2) is 22.1 Å². The maximum Gasteiger partial charge on any atom is 0.319 e. The molecule has 2 unspecified atom stereocenters. The molecular weight excluding hydrogens is 552 g/mol. The van der Waals surface area contributed by atoms with Crippen molar-refractivity contribution in [3.8, 4) is 0 Å². The van der Waals surface area contributed by atoms with E-state index in [1.54, 1.807) is 42.5 Å². The minimum Gasteiger partial charge on any atom is -0.481 e. The molecule has 0 radical (unpaired) electrons.